The Labute approximate surface area is 121 Å². The minimum absolute atomic E-state index is 0.591. The maximum Gasteiger partial charge on any atom is 0.416 e. The predicted octanol–water partition coefficient (Wildman–Crippen LogP) is 5.04. The monoisotopic (exact) mass is 291 g/mol. The summed E-state index contributed by atoms with van der Waals surface area (Å²) in [5.41, 5.74) is 4.27. The molecule has 4 heteroatoms. The van der Waals surface area contributed by atoms with Gasteiger partial charge in [-0.05, 0) is 60.2 Å². The number of aryl methyl sites for hydroxylation is 1. The Morgan fingerprint density at radius 3 is 2.57 bits per heavy atom. The van der Waals surface area contributed by atoms with Crippen molar-refractivity contribution >= 4 is 5.69 Å². The zero-order valence-electron chi connectivity index (χ0n) is 11.7. The average molecular weight is 291 g/mol. The van der Waals surface area contributed by atoms with Crippen molar-refractivity contribution in [2.45, 2.75) is 25.9 Å². The SMILES string of the molecule is Cc1cc(C(F)(F)F)ccc1-c1cccc2c1CCCN2. The van der Waals surface area contributed by atoms with E-state index in [1.54, 1.807) is 13.0 Å². The first-order valence-electron chi connectivity index (χ1n) is 7.01. The number of fused-ring (bicyclic) bond motifs is 1. The second-order valence-electron chi connectivity index (χ2n) is 5.39. The zero-order valence-corrected chi connectivity index (χ0v) is 11.7. The van der Waals surface area contributed by atoms with Gasteiger partial charge in [0.15, 0.2) is 0 Å². The van der Waals surface area contributed by atoms with Crippen LogP contribution in [-0.2, 0) is 12.6 Å². The molecule has 0 amide bonds. The molecule has 21 heavy (non-hydrogen) atoms. The molecule has 110 valence electrons. The van der Waals surface area contributed by atoms with Crippen molar-refractivity contribution in [1.29, 1.82) is 0 Å². The van der Waals surface area contributed by atoms with Gasteiger partial charge in [0.05, 0.1) is 5.56 Å². The second-order valence-corrected chi connectivity index (χ2v) is 5.39. The van der Waals surface area contributed by atoms with Gasteiger partial charge in [-0.3, -0.25) is 0 Å². The van der Waals surface area contributed by atoms with Crippen LogP contribution in [0.1, 0.15) is 23.1 Å². The van der Waals surface area contributed by atoms with Crippen LogP contribution in [0.4, 0.5) is 18.9 Å². The average Bonchev–Trinajstić information content (AvgIpc) is 2.46. The van der Waals surface area contributed by atoms with Crippen LogP contribution in [0, 0.1) is 6.92 Å². The molecule has 0 saturated carbocycles. The minimum atomic E-state index is -4.29. The van der Waals surface area contributed by atoms with E-state index in [4.69, 9.17) is 0 Å². The summed E-state index contributed by atoms with van der Waals surface area (Å²) in [6.45, 7) is 2.68. The molecule has 0 saturated heterocycles. The Morgan fingerprint density at radius 2 is 1.86 bits per heavy atom. The molecule has 1 aliphatic rings. The number of rotatable bonds is 1. The van der Waals surface area contributed by atoms with Gasteiger partial charge in [0.1, 0.15) is 0 Å². The summed E-state index contributed by atoms with van der Waals surface area (Å²) in [5, 5.41) is 3.35. The van der Waals surface area contributed by atoms with Gasteiger partial charge >= 0.3 is 6.18 Å². The highest BCUT2D eigenvalue weighted by molar-refractivity contribution is 5.77. The molecule has 1 aliphatic heterocycles. The lowest BCUT2D eigenvalue weighted by molar-refractivity contribution is -0.137. The van der Waals surface area contributed by atoms with Crippen LogP contribution in [0.25, 0.3) is 11.1 Å². The predicted molar refractivity (Wildman–Crippen MR) is 78.4 cm³/mol. The first-order chi connectivity index (χ1) is 9.97. The molecule has 2 aromatic carbocycles. The summed E-state index contributed by atoms with van der Waals surface area (Å²) in [4.78, 5) is 0. The van der Waals surface area contributed by atoms with Crippen LogP contribution in [0.2, 0.25) is 0 Å². The van der Waals surface area contributed by atoms with Crippen molar-refractivity contribution in [3.8, 4) is 11.1 Å². The first kappa shape index (κ1) is 14.0. The Bertz CT molecular complexity index is 674. The van der Waals surface area contributed by atoms with E-state index in [0.717, 1.165) is 42.3 Å². The van der Waals surface area contributed by atoms with E-state index in [2.05, 4.69) is 5.32 Å². The van der Waals surface area contributed by atoms with E-state index >= 15 is 0 Å². The molecule has 0 fully saturated rings. The molecule has 0 radical (unpaired) electrons. The number of hydrogen-bond donors (Lipinski definition) is 1. The lowest BCUT2D eigenvalue weighted by atomic mass is 9.90. The third-order valence-corrected chi connectivity index (χ3v) is 3.94. The van der Waals surface area contributed by atoms with Crippen molar-refractivity contribution in [3.63, 3.8) is 0 Å². The quantitative estimate of drug-likeness (QED) is 0.776. The number of nitrogens with one attached hydrogen (secondary N) is 1. The lowest BCUT2D eigenvalue weighted by Crippen LogP contribution is -2.12. The smallest absolute Gasteiger partial charge is 0.385 e. The van der Waals surface area contributed by atoms with Gasteiger partial charge in [-0.25, -0.2) is 0 Å². The van der Waals surface area contributed by atoms with Gasteiger partial charge in [0.25, 0.3) is 0 Å². The molecule has 0 atom stereocenters. The maximum absolute atomic E-state index is 12.8. The summed E-state index contributed by atoms with van der Waals surface area (Å²) < 4.78 is 38.3. The van der Waals surface area contributed by atoms with E-state index in [0.29, 0.717) is 5.56 Å². The number of anilines is 1. The summed E-state index contributed by atoms with van der Waals surface area (Å²) >= 11 is 0. The third kappa shape index (κ3) is 2.62. The molecule has 1 heterocycles. The Balaban J connectivity index is 2.10. The molecule has 0 aliphatic carbocycles. The Kier molecular flexibility index (Phi) is 3.40. The van der Waals surface area contributed by atoms with Crippen LogP contribution in [-0.4, -0.2) is 6.54 Å². The second kappa shape index (κ2) is 5.10. The number of benzene rings is 2. The summed E-state index contributed by atoms with van der Waals surface area (Å²) in [7, 11) is 0. The standard InChI is InChI=1S/C17H16F3N/c1-11-10-12(17(18,19)20)7-8-13(11)14-4-2-6-16-15(14)5-3-9-21-16/h2,4,6-8,10,21H,3,5,9H2,1H3. The van der Waals surface area contributed by atoms with Crippen LogP contribution in [0.5, 0.6) is 0 Å². The molecule has 0 spiro atoms. The Morgan fingerprint density at radius 1 is 1.05 bits per heavy atom. The molecular formula is C17H16F3N. The molecule has 0 bridgehead atoms. The lowest BCUT2D eigenvalue weighted by Gasteiger charge is -2.22. The van der Waals surface area contributed by atoms with Gasteiger partial charge < -0.3 is 5.32 Å². The third-order valence-electron chi connectivity index (χ3n) is 3.94. The van der Waals surface area contributed by atoms with Gasteiger partial charge in [-0.15, -0.1) is 0 Å². The largest absolute Gasteiger partial charge is 0.416 e. The van der Waals surface area contributed by atoms with Gasteiger partial charge in [-0.2, -0.15) is 13.2 Å². The van der Waals surface area contributed by atoms with Gasteiger partial charge in [0, 0.05) is 12.2 Å². The van der Waals surface area contributed by atoms with Crippen molar-refractivity contribution < 1.29 is 13.2 Å². The summed E-state index contributed by atoms with van der Waals surface area (Å²) in [6, 6.07) is 9.94. The van der Waals surface area contributed by atoms with Crippen molar-refractivity contribution in [1.82, 2.24) is 0 Å². The fourth-order valence-corrected chi connectivity index (χ4v) is 2.90. The maximum atomic E-state index is 12.8. The molecule has 2 aromatic rings. The van der Waals surface area contributed by atoms with Crippen molar-refractivity contribution in [2.75, 3.05) is 11.9 Å². The van der Waals surface area contributed by atoms with Crippen molar-refractivity contribution in [3.05, 3.63) is 53.1 Å². The normalized spacial score (nSPS) is 14.5. The molecule has 1 N–H and O–H groups in total. The summed E-state index contributed by atoms with van der Waals surface area (Å²) in [5.74, 6) is 0. The number of hydrogen-bond acceptors (Lipinski definition) is 1. The zero-order chi connectivity index (χ0) is 15.0. The number of alkyl halides is 3. The highest BCUT2D eigenvalue weighted by atomic mass is 19.4. The summed E-state index contributed by atoms with van der Waals surface area (Å²) in [6.07, 6.45) is -2.29. The van der Waals surface area contributed by atoms with Gasteiger partial charge in [0.2, 0.25) is 0 Å². The van der Waals surface area contributed by atoms with Gasteiger partial charge in [-0.1, -0.05) is 18.2 Å². The van der Waals surface area contributed by atoms with Crippen molar-refractivity contribution in [2.24, 2.45) is 0 Å². The Hall–Kier alpha value is -1.97. The van der Waals surface area contributed by atoms with E-state index in [9.17, 15) is 13.2 Å². The van der Waals surface area contributed by atoms with E-state index in [-0.39, 0.29) is 0 Å². The fourth-order valence-electron chi connectivity index (χ4n) is 2.90. The molecule has 0 aromatic heterocycles. The highest BCUT2D eigenvalue weighted by Gasteiger charge is 2.30. The molecule has 3 rings (SSSR count). The minimum Gasteiger partial charge on any atom is -0.385 e. The van der Waals surface area contributed by atoms with Crippen LogP contribution < -0.4 is 5.32 Å². The van der Waals surface area contributed by atoms with Crippen LogP contribution >= 0.6 is 0 Å². The first-order valence-corrected chi connectivity index (χ1v) is 7.01. The molecule has 0 unspecified atom stereocenters. The molecular weight excluding hydrogens is 275 g/mol. The van der Waals surface area contributed by atoms with E-state index in [1.807, 2.05) is 18.2 Å². The topological polar surface area (TPSA) is 12.0 Å². The highest BCUT2D eigenvalue weighted by Crippen LogP contribution is 2.37. The van der Waals surface area contributed by atoms with E-state index < -0.39 is 11.7 Å². The fraction of sp³-hybridized carbons (Fsp3) is 0.294. The van der Waals surface area contributed by atoms with E-state index in [1.165, 1.54) is 11.6 Å². The number of halogens is 3. The van der Waals surface area contributed by atoms with Crippen LogP contribution in [0.3, 0.4) is 0 Å². The molecule has 1 nitrogen and oxygen atoms in total. The van der Waals surface area contributed by atoms with Crippen LogP contribution in [0.15, 0.2) is 36.4 Å².